The summed E-state index contributed by atoms with van der Waals surface area (Å²) in [5.41, 5.74) is 0. The Kier molecular flexibility index (Phi) is 5.83. The Morgan fingerprint density at radius 3 is 2.78 bits per heavy atom. The molecule has 3 heteroatoms. The molecule has 9 heavy (non-hydrogen) atoms. The summed E-state index contributed by atoms with van der Waals surface area (Å²) >= 11 is 3.92. The van der Waals surface area contributed by atoms with Crippen LogP contribution in [-0.2, 0) is 4.79 Å². The number of carbonyl (C=O) groups excluding carboxylic acids is 1. The van der Waals surface area contributed by atoms with Crippen LogP contribution in [0.25, 0.3) is 0 Å². The van der Waals surface area contributed by atoms with Gasteiger partial charge in [-0.1, -0.05) is 6.92 Å². The van der Waals surface area contributed by atoms with Crippen LogP contribution in [0.15, 0.2) is 0 Å². The molecule has 0 atom stereocenters. The summed E-state index contributed by atoms with van der Waals surface area (Å²) in [7, 11) is 0. The Bertz CT molecular complexity index is 85.1. The van der Waals surface area contributed by atoms with Crippen molar-refractivity contribution in [2.24, 2.45) is 0 Å². The van der Waals surface area contributed by atoms with Gasteiger partial charge in [0, 0.05) is 13.0 Å². The van der Waals surface area contributed by atoms with Gasteiger partial charge in [0.15, 0.2) is 0 Å². The van der Waals surface area contributed by atoms with Crippen LogP contribution in [0.1, 0.15) is 19.8 Å². The molecule has 0 rings (SSSR count). The Balaban J connectivity index is 3.06. The summed E-state index contributed by atoms with van der Waals surface area (Å²) in [4.78, 5) is 10.6. The van der Waals surface area contributed by atoms with E-state index in [-0.39, 0.29) is 5.91 Å². The van der Waals surface area contributed by atoms with E-state index >= 15 is 0 Å². The molecular weight excluding hydrogens is 134 g/mol. The zero-order valence-electron chi connectivity index (χ0n) is 5.68. The van der Waals surface area contributed by atoms with Crippen LogP contribution in [0.4, 0.5) is 0 Å². The van der Waals surface area contributed by atoms with Gasteiger partial charge in [-0.05, 0) is 12.2 Å². The van der Waals surface area contributed by atoms with Gasteiger partial charge in [0.2, 0.25) is 5.91 Å². The number of thiol groups is 1. The Labute approximate surface area is 61.4 Å². The number of hydrogen-bond acceptors (Lipinski definition) is 2. The average Bonchev–Trinajstić information content (AvgIpc) is 1.85. The van der Waals surface area contributed by atoms with Crippen molar-refractivity contribution in [3.63, 3.8) is 0 Å². The first-order chi connectivity index (χ1) is 4.31. The zero-order chi connectivity index (χ0) is 7.11. The highest BCUT2D eigenvalue weighted by atomic mass is 32.1. The van der Waals surface area contributed by atoms with Crippen LogP contribution in [-0.4, -0.2) is 18.2 Å². The fourth-order valence-electron chi connectivity index (χ4n) is 0.454. The monoisotopic (exact) mass is 147 g/mol. The van der Waals surface area contributed by atoms with Crippen molar-refractivity contribution in [2.45, 2.75) is 19.8 Å². The standard InChI is InChI=1S/C6H13NOS/c1-2-4-7-6(8)3-5-9/h9H,2-5H2,1H3,(H,7,8). The number of amides is 1. The average molecular weight is 147 g/mol. The van der Waals surface area contributed by atoms with Gasteiger partial charge in [-0.3, -0.25) is 4.79 Å². The highest BCUT2D eigenvalue weighted by molar-refractivity contribution is 7.80. The Hall–Kier alpha value is -0.180. The number of rotatable bonds is 4. The van der Waals surface area contributed by atoms with Crippen LogP contribution in [0, 0.1) is 0 Å². The molecule has 0 aromatic rings. The van der Waals surface area contributed by atoms with Gasteiger partial charge in [-0.25, -0.2) is 0 Å². The third-order valence-electron chi connectivity index (χ3n) is 0.911. The maximum absolute atomic E-state index is 10.6. The molecule has 0 spiro atoms. The van der Waals surface area contributed by atoms with Crippen molar-refractivity contribution < 1.29 is 4.79 Å². The molecule has 0 saturated heterocycles. The quantitative estimate of drug-likeness (QED) is 0.567. The molecule has 0 aromatic heterocycles. The second kappa shape index (κ2) is 5.95. The smallest absolute Gasteiger partial charge is 0.220 e. The molecule has 0 fully saturated rings. The number of carbonyl (C=O) groups is 1. The van der Waals surface area contributed by atoms with Gasteiger partial charge < -0.3 is 5.32 Å². The fraction of sp³-hybridized carbons (Fsp3) is 0.833. The fourth-order valence-corrected chi connectivity index (χ4v) is 0.657. The normalized spacial score (nSPS) is 9.11. The summed E-state index contributed by atoms with van der Waals surface area (Å²) in [6.07, 6.45) is 1.53. The van der Waals surface area contributed by atoms with E-state index in [4.69, 9.17) is 0 Å². The van der Waals surface area contributed by atoms with E-state index in [1.165, 1.54) is 0 Å². The summed E-state index contributed by atoms with van der Waals surface area (Å²) in [5.74, 6) is 0.738. The minimum absolute atomic E-state index is 0.104. The number of nitrogens with one attached hydrogen (secondary N) is 1. The van der Waals surface area contributed by atoms with Gasteiger partial charge in [-0.2, -0.15) is 12.6 Å². The highest BCUT2D eigenvalue weighted by Gasteiger charge is 1.94. The van der Waals surface area contributed by atoms with Crippen LogP contribution < -0.4 is 5.32 Å². The maximum Gasteiger partial charge on any atom is 0.220 e. The molecule has 1 N–H and O–H groups in total. The van der Waals surface area contributed by atoms with Crippen molar-refractivity contribution in [3.05, 3.63) is 0 Å². The molecule has 0 saturated carbocycles. The van der Waals surface area contributed by atoms with Gasteiger partial charge in [-0.15, -0.1) is 0 Å². The molecule has 0 heterocycles. The van der Waals surface area contributed by atoms with Crippen molar-refractivity contribution >= 4 is 18.5 Å². The lowest BCUT2D eigenvalue weighted by Gasteiger charge is -1.99. The summed E-state index contributed by atoms with van der Waals surface area (Å²) in [5, 5.41) is 2.75. The molecule has 54 valence electrons. The van der Waals surface area contributed by atoms with Crippen molar-refractivity contribution in [1.29, 1.82) is 0 Å². The predicted molar refractivity (Wildman–Crippen MR) is 41.8 cm³/mol. The summed E-state index contributed by atoms with van der Waals surface area (Å²) in [6.45, 7) is 2.81. The number of hydrogen-bond donors (Lipinski definition) is 2. The Morgan fingerprint density at radius 1 is 1.67 bits per heavy atom. The van der Waals surface area contributed by atoms with Crippen molar-refractivity contribution in [1.82, 2.24) is 5.32 Å². The van der Waals surface area contributed by atoms with Crippen molar-refractivity contribution in [3.8, 4) is 0 Å². The molecule has 0 bridgehead atoms. The van der Waals surface area contributed by atoms with Gasteiger partial charge in [0.1, 0.15) is 0 Å². The van der Waals surface area contributed by atoms with Crippen LogP contribution in [0.2, 0.25) is 0 Å². The van der Waals surface area contributed by atoms with Crippen LogP contribution >= 0.6 is 12.6 Å². The first-order valence-corrected chi connectivity index (χ1v) is 3.82. The van der Waals surface area contributed by atoms with E-state index in [2.05, 4.69) is 17.9 Å². The second-order valence-corrected chi connectivity index (χ2v) is 2.27. The molecule has 0 aliphatic carbocycles. The van der Waals surface area contributed by atoms with Crippen LogP contribution in [0.5, 0.6) is 0 Å². The minimum Gasteiger partial charge on any atom is -0.356 e. The molecule has 0 aliphatic heterocycles. The molecular formula is C6H13NOS. The van der Waals surface area contributed by atoms with E-state index < -0.39 is 0 Å². The lowest BCUT2D eigenvalue weighted by atomic mass is 10.4. The first kappa shape index (κ1) is 8.82. The van der Waals surface area contributed by atoms with E-state index in [0.29, 0.717) is 12.2 Å². The van der Waals surface area contributed by atoms with Gasteiger partial charge in [0.05, 0.1) is 0 Å². The minimum atomic E-state index is 0.104. The topological polar surface area (TPSA) is 29.1 Å². The van der Waals surface area contributed by atoms with Gasteiger partial charge >= 0.3 is 0 Å². The third-order valence-corrected chi connectivity index (χ3v) is 1.13. The summed E-state index contributed by atoms with van der Waals surface area (Å²) in [6, 6.07) is 0. The van der Waals surface area contributed by atoms with Crippen LogP contribution in [0.3, 0.4) is 0 Å². The molecule has 2 nitrogen and oxygen atoms in total. The second-order valence-electron chi connectivity index (χ2n) is 1.82. The molecule has 0 unspecified atom stereocenters. The largest absolute Gasteiger partial charge is 0.356 e. The van der Waals surface area contributed by atoms with Crippen molar-refractivity contribution in [2.75, 3.05) is 12.3 Å². The summed E-state index contributed by atoms with van der Waals surface area (Å²) < 4.78 is 0. The van der Waals surface area contributed by atoms with E-state index in [9.17, 15) is 4.79 Å². The lowest BCUT2D eigenvalue weighted by Crippen LogP contribution is -2.23. The third kappa shape index (κ3) is 5.69. The molecule has 0 aromatic carbocycles. The van der Waals surface area contributed by atoms with E-state index in [1.54, 1.807) is 0 Å². The molecule has 0 aliphatic rings. The maximum atomic E-state index is 10.6. The first-order valence-electron chi connectivity index (χ1n) is 3.18. The SMILES string of the molecule is CCCNC(=O)CCS. The van der Waals surface area contributed by atoms with Gasteiger partial charge in [0.25, 0.3) is 0 Å². The Morgan fingerprint density at radius 2 is 2.33 bits per heavy atom. The highest BCUT2D eigenvalue weighted by Crippen LogP contribution is 1.82. The van der Waals surface area contributed by atoms with E-state index in [1.807, 2.05) is 6.92 Å². The molecule has 1 amide bonds. The predicted octanol–water partition coefficient (Wildman–Crippen LogP) is 0.833. The lowest BCUT2D eigenvalue weighted by molar-refractivity contribution is -0.120. The van der Waals surface area contributed by atoms with E-state index in [0.717, 1.165) is 13.0 Å². The molecule has 0 radical (unpaired) electrons. The zero-order valence-corrected chi connectivity index (χ0v) is 6.58.